The second-order valence-corrected chi connectivity index (χ2v) is 6.85. The number of aliphatic hydroxyl groups excluding tert-OH is 1. The SMILES string of the molecule is CN(C)Cc1ccc(-c2ccc([C@H](O)CCCCC(=O)NO)cc2)cc1. The van der Waals surface area contributed by atoms with Gasteiger partial charge in [0.1, 0.15) is 0 Å². The summed E-state index contributed by atoms with van der Waals surface area (Å²) >= 11 is 0. The van der Waals surface area contributed by atoms with Crippen molar-refractivity contribution in [3.05, 3.63) is 59.7 Å². The third-order valence-corrected chi connectivity index (χ3v) is 4.34. The van der Waals surface area contributed by atoms with Crippen LogP contribution in [-0.2, 0) is 11.3 Å². The smallest absolute Gasteiger partial charge is 0.243 e. The van der Waals surface area contributed by atoms with Crippen LogP contribution in [0.2, 0.25) is 0 Å². The number of benzene rings is 2. The van der Waals surface area contributed by atoms with E-state index in [2.05, 4.69) is 43.3 Å². The summed E-state index contributed by atoms with van der Waals surface area (Å²) in [6.45, 7) is 0.922. The van der Waals surface area contributed by atoms with E-state index in [0.717, 1.165) is 29.7 Å². The molecule has 0 spiro atoms. The van der Waals surface area contributed by atoms with E-state index < -0.39 is 6.10 Å². The quantitative estimate of drug-likeness (QED) is 0.365. The fourth-order valence-corrected chi connectivity index (χ4v) is 2.91. The highest BCUT2D eigenvalue weighted by Gasteiger charge is 2.08. The van der Waals surface area contributed by atoms with E-state index in [0.29, 0.717) is 12.8 Å². The average Bonchev–Trinajstić information content (AvgIpc) is 2.65. The molecule has 0 heterocycles. The van der Waals surface area contributed by atoms with Crippen LogP contribution in [0.25, 0.3) is 11.1 Å². The number of unbranched alkanes of at least 4 members (excludes halogenated alkanes) is 1. The summed E-state index contributed by atoms with van der Waals surface area (Å²) in [6.07, 6.45) is 1.69. The standard InChI is InChI=1S/C21H28N2O3/c1-23(2)15-16-7-9-17(10-8-16)18-11-13-19(14-12-18)20(24)5-3-4-6-21(25)22-26/h7-14,20,24,26H,3-6,15H2,1-2H3,(H,22,25)/t20-/m1/s1. The number of carbonyl (C=O) groups excluding carboxylic acids is 1. The number of carbonyl (C=O) groups is 1. The van der Waals surface area contributed by atoms with Crippen LogP contribution in [-0.4, -0.2) is 35.2 Å². The minimum absolute atomic E-state index is 0.270. The van der Waals surface area contributed by atoms with Crippen LogP contribution in [0.5, 0.6) is 0 Å². The lowest BCUT2D eigenvalue weighted by molar-refractivity contribution is -0.129. The molecule has 0 aromatic heterocycles. The van der Waals surface area contributed by atoms with Gasteiger partial charge in [-0.25, -0.2) is 5.48 Å². The fraction of sp³-hybridized carbons (Fsp3) is 0.381. The molecule has 2 rings (SSSR count). The van der Waals surface area contributed by atoms with E-state index in [4.69, 9.17) is 5.21 Å². The molecule has 1 amide bonds. The molecule has 3 N–H and O–H groups in total. The molecule has 0 aliphatic carbocycles. The molecule has 0 unspecified atom stereocenters. The fourth-order valence-electron chi connectivity index (χ4n) is 2.91. The maximum absolute atomic E-state index is 10.9. The summed E-state index contributed by atoms with van der Waals surface area (Å²) in [4.78, 5) is 13.1. The van der Waals surface area contributed by atoms with Gasteiger partial charge < -0.3 is 10.0 Å². The molecule has 0 aliphatic heterocycles. The van der Waals surface area contributed by atoms with Crippen molar-refractivity contribution in [3.8, 4) is 11.1 Å². The van der Waals surface area contributed by atoms with Crippen LogP contribution < -0.4 is 5.48 Å². The van der Waals surface area contributed by atoms with Gasteiger partial charge in [0.2, 0.25) is 5.91 Å². The van der Waals surface area contributed by atoms with Crippen molar-refractivity contribution < 1.29 is 15.1 Å². The van der Waals surface area contributed by atoms with Gasteiger partial charge in [0, 0.05) is 13.0 Å². The molecule has 0 saturated carbocycles. The van der Waals surface area contributed by atoms with Crippen LogP contribution in [0.15, 0.2) is 48.5 Å². The Morgan fingerprint density at radius 1 is 1.00 bits per heavy atom. The zero-order valence-electron chi connectivity index (χ0n) is 15.5. The monoisotopic (exact) mass is 356 g/mol. The van der Waals surface area contributed by atoms with Gasteiger partial charge in [0.05, 0.1) is 6.10 Å². The first-order chi connectivity index (χ1) is 12.5. The predicted octanol–water partition coefficient (Wildman–Crippen LogP) is 3.51. The highest BCUT2D eigenvalue weighted by atomic mass is 16.5. The number of rotatable bonds is 9. The number of amides is 1. The molecule has 0 bridgehead atoms. The minimum atomic E-state index is -0.538. The first-order valence-electron chi connectivity index (χ1n) is 8.94. The molecule has 0 radical (unpaired) electrons. The van der Waals surface area contributed by atoms with Crippen LogP contribution >= 0.6 is 0 Å². The molecule has 0 aliphatic rings. The Morgan fingerprint density at radius 2 is 1.58 bits per heavy atom. The zero-order chi connectivity index (χ0) is 18.9. The Bertz CT molecular complexity index is 681. The van der Waals surface area contributed by atoms with Crippen molar-refractivity contribution >= 4 is 5.91 Å². The lowest BCUT2D eigenvalue weighted by Gasteiger charge is -2.12. The van der Waals surface area contributed by atoms with E-state index in [1.54, 1.807) is 5.48 Å². The molecule has 0 fully saturated rings. The molecular formula is C21H28N2O3. The van der Waals surface area contributed by atoms with Crippen molar-refractivity contribution in [1.82, 2.24) is 10.4 Å². The normalized spacial score (nSPS) is 12.2. The van der Waals surface area contributed by atoms with Crippen molar-refractivity contribution in [1.29, 1.82) is 0 Å². The molecular weight excluding hydrogens is 328 g/mol. The summed E-state index contributed by atoms with van der Waals surface area (Å²) in [6, 6.07) is 16.5. The first kappa shape index (κ1) is 20.1. The Balaban J connectivity index is 1.89. The molecule has 26 heavy (non-hydrogen) atoms. The van der Waals surface area contributed by atoms with Gasteiger partial charge in [-0.05, 0) is 49.2 Å². The number of nitrogens with zero attached hydrogens (tertiary/aromatic N) is 1. The highest BCUT2D eigenvalue weighted by molar-refractivity contribution is 5.74. The molecule has 2 aromatic rings. The van der Waals surface area contributed by atoms with Gasteiger partial charge in [0.15, 0.2) is 0 Å². The molecule has 1 atom stereocenters. The van der Waals surface area contributed by atoms with Crippen molar-refractivity contribution in [2.75, 3.05) is 14.1 Å². The van der Waals surface area contributed by atoms with Gasteiger partial charge in [0.25, 0.3) is 0 Å². The van der Waals surface area contributed by atoms with E-state index in [1.807, 2.05) is 24.3 Å². The molecule has 140 valence electrons. The van der Waals surface area contributed by atoms with Crippen LogP contribution in [0.1, 0.15) is 42.9 Å². The van der Waals surface area contributed by atoms with Gasteiger partial charge in [-0.1, -0.05) is 55.0 Å². The Labute approximate surface area is 155 Å². The number of hydrogen-bond acceptors (Lipinski definition) is 4. The molecule has 5 nitrogen and oxygen atoms in total. The van der Waals surface area contributed by atoms with Crippen molar-refractivity contribution in [3.63, 3.8) is 0 Å². The van der Waals surface area contributed by atoms with Crippen LogP contribution in [0, 0.1) is 0 Å². The van der Waals surface area contributed by atoms with Crippen LogP contribution in [0.4, 0.5) is 0 Å². The molecule has 0 saturated heterocycles. The second-order valence-electron chi connectivity index (χ2n) is 6.85. The van der Waals surface area contributed by atoms with Crippen molar-refractivity contribution in [2.24, 2.45) is 0 Å². The third kappa shape index (κ3) is 6.26. The number of nitrogens with one attached hydrogen (secondary N) is 1. The van der Waals surface area contributed by atoms with Gasteiger partial charge >= 0.3 is 0 Å². The maximum atomic E-state index is 10.9. The first-order valence-corrected chi connectivity index (χ1v) is 8.94. The van der Waals surface area contributed by atoms with Crippen LogP contribution in [0.3, 0.4) is 0 Å². The predicted molar refractivity (Wildman–Crippen MR) is 103 cm³/mol. The lowest BCUT2D eigenvalue weighted by Crippen LogP contribution is -2.17. The van der Waals surface area contributed by atoms with E-state index in [-0.39, 0.29) is 12.3 Å². The van der Waals surface area contributed by atoms with Gasteiger partial charge in [-0.2, -0.15) is 0 Å². The average molecular weight is 356 g/mol. The van der Waals surface area contributed by atoms with E-state index in [9.17, 15) is 9.90 Å². The summed E-state index contributed by atoms with van der Waals surface area (Å²) in [7, 11) is 4.11. The number of aliphatic hydroxyl groups is 1. The van der Waals surface area contributed by atoms with Crippen molar-refractivity contribution in [2.45, 2.75) is 38.3 Å². The summed E-state index contributed by atoms with van der Waals surface area (Å²) < 4.78 is 0. The number of hydrogen-bond donors (Lipinski definition) is 3. The Hall–Kier alpha value is -2.21. The second kappa shape index (κ2) is 10.1. The topological polar surface area (TPSA) is 72.8 Å². The lowest BCUT2D eigenvalue weighted by atomic mass is 9.98. The number of hydroxylamine groups is 1. The van der Waals surface area contributed by atoms with Gasteiger partial charge in [-0.15, -0.1) is 0 Å². The summed E-state index contributed by atoms with van der Waals surface area (Å²) in [5, 5.41) is 18.7. The van der Waals surface area contributed by atoms with Gasteiger partial charge in [-0.3, -0.25) is 10.0 Å². The highest BCUT2D eigenvalue weighted by Crippen LogP contribution is 2.25. The molecule has 2 aromatic carbocycles. The Kier molecular flexibility index (Phi) is 7.78. The third-order valence-electron chi connectivity index (χ3n) is 4.34. The maximum Gasteiger partial charge on any atom is 0.243 e. The molecule has 5 heteroatoms. The summed E-state index contributed by atoms with van der Waals surface area (Å²) in [5.41, 5.74) is 6.05. The largest absolute Gasteiger partial charge is 0.388 e. The van der Waals surface area contributed by atoms with E-state index in [1.165, 1.54) is 5.56 Å². The minimum Gasteiger partial charge on any atom is -0.388 e. The zero-order valence-corrected chi connectivity index (χ0v) is 15.5. The van der Waals surface area contributed by atoms with E-state index >= 15 is 0 Å². The Morgan fingerprint density at radius 3 is 2.12 bits per heavy atom. The summed E-state index contributed by atoms with van der Waals surface area (Å²) in [5.74, 6) is -0.388.